The van der Waals surface area contributed by atoms with Crippen molar-refractivity contribution in [3.05, 3.63) is 69.9 Å². The van der Waals surface area contributed by atoms with Crippen molar-refractivity contribution in [2.24, 2.45) is 0 Å². The van der Waals surface area contributed by atoms with E-state index in [-0.39, 0.29) is 11.7 Å². The standard InChI is InChI=1S/C18H14FNOS2/c1-11-3-8-15(12(2)9-11)20-17(21)16(23-18(20)22)10-13-4-6-14(19)7-5-13/h3-10H,1-2H3. The van der Waals surface area contributed by atoms with E-state index < -0.39 is 0 Å². The molecular formula is C18H14FNOS2. The number of aryl methyl sites for hydroxylation is 2. The minimum Gasteiger partial charge on any atom is -0.268 e. The Labute approximate surface area is 144 Å². The van der Waals surface area contributed by atoms with Crippen LogP contribution in [-0.4, -0.2) is 10.2 Å². The van der Waals surface area contributed by atoms with E-state index in [2.05, 4.69) is 0 Å². The maximum atomic E-state index is 13.0. The van der Waals surface area contributed by atoms with Crippen LogP contribution >= 0.6 is 24.0 Å². The van der Waals surface area contributed by atoms with Crippen LogP contribution < -0.4 is 4.90 Å². The molecule has 0 unspecified atom stereocenters. The summed E-state index contributed by atoms with van der Waals surface area (Å²) in [5.74, 6) is -0.443. The van der Waals surface area contributed by atoms with Crippen molar-refractivity contribution in [1.82, 2.24) is 0 Å². The molecule has 2 aromatic carbocycles. The second-order valence-electron chi connectivity index (χ2n) is 5.36. The van der Waals surface area contributed by atoms with Gasteiger partial charge in [0.05, 0.1) is 10.6 Å². The van der Waals surface area contributed by atoms with Gasteiger partial charge in [-0.1, -0.05) is 53.8 Å². The molecule has 3 rings (SSSR count). The molecule has 0 bridgehead atoms. The van der Waals surface area contributed by atoms with Crippen LogP contribution in [0.1, 0.15) is 16.7 Å². The smallest absolute Gasteiger partial charge is 0.268 e. The number of amides is 1. The lowest BCUT2D eigenvalue weighted by Gasteiger charge is -2.17. The molecule has 1 amide bonds. The lowest BCUT2D eigenvalue weighted by Crippen LogP contribution is -2.28. The van der Waals surface area contributed by atoms with E-state index in [4.69, 9.17) is 12.2 Å². The Morgan fingerprint density at radius 1 is 1.13 bits per heavy atom. The highest BCUT2D eigenvalue weighted by Gasteiger charge is 2.33. The predicted molar refractivity (Wildman–Crippen MR) is 98.0 cm³/mol. The topological polar surface area (TPSA) is 20.3 Å². The van der Waals surface area contributed by atoms with E-state index >= 15 is 0 Å². The molecule has 116 valence electrons. The maximum absolute atomic E-state index is 13.0. The van der Waals surface area contributed by atoms with Gasteiger partial charge in [0.2, 0.25) is 0 Å². The second kappa shape index (κ2) is 6.26. The molecule has 0 atom stereocenters. The molecule has 23 heavy (non-hydrogen) atoms. The maximum Gasteiger partial charge on any atom is 0.270 e. The summed E-state index contributed by atoms with van der Waals surface area (Å²) in [6, 6.07) is 11.9. The largest absolute Gasteiger partial charge is 0.270 e. The number of anilines is 1. The molecule has 0 N–H and O–H groups in total. The van der Waals surface area contributed by atoms with E-state index in [0.717, 1.165) is 22.4 Å². The Morgan fingerprint density at radius 3 is 2.48 bits per heavy atom. The van der Waals surface area contributed by atoms with Gasteiger partial charge in [-0.25, -0.2) is 4.39 Å². The Kier molecular flexibility index (Phi) is 4.33. The zero-order valence-electron chi connectivity index (χ0n) is 12.7. The van der Waals surface area contributed by atoms with Gasteiger partial charge in [-0.3, -0.25) is 9.69 Å². The lowest BCUT2D eigenvalue weighted by molar-refractivity contribution is -0.113. The highest BCUT2D eigenvalue weighted by molar-refractivity contribution is 8.27. The number of thioether (sulfide) groups is 1. The summed E-state index contributed by atoms with van der Waals surface area (Å²) in [6.07, 6.45) is 1.74. The molecule has 1 aliphatic heterocycles. The number of thiocarbonyl (C=S) groups is 1. The number of hydrogen-bond acceptors (Lipinski definition) is 3. The molecule has 1 heterocycles. The van der Waals surface area contributed by atoms with Crippen LogP contribution in [0, 0.1) is 19.7 Å². The van der Waals surface area contributed by atoms with E-state index in [1.54, 1.807) is 23.1 Å². The predicted octanol–water partition coefficient (Wildman–Crippen LogP) is 4.85. The van der Waals surface area contributed by atoms with Crippen molar-refractivity contribution >= 4 is 46.0 Å². The first kappa shape index (κ1) is 15.9. The third kappa shape index (κ3) is 3.21. The number of rotatable bonds is 2. The summed E-state index contributed by atoms with van der Waals surface area (Å²) >= 11 is 6.64. The van der Waals surface area contributed by atoms with Gasteiger partial charge < -0.3 is 0 Å². The third-order valence-corrected chi connectivity index (χ3v) is 4.86. The van der Waals surface area contributed by atoms with Crippen molar-refractivity contribution in [3.8, 4) is 0 Å². The summed E-state index contributed by atoms with van der Waals surface area (Å²) in [7, 11) is 0. The van der Waals surface area contributed by atoms with Crippen LogP contribution in [-0.2, 0) is 4.79 Å². The summed E-state index contributed by atoms with van der Waals surface area (Å²) in [4.78, 5) is 14.8. The first-order valence-corrected chi connectivity index (χ1v) is 8.29. The molecule has 0 aromatic heterocycles. The van der Waals surface area contributed by atoms with Gasteiger partial charge in [0.25, 0.3) is 5.91 Å². The van der Waals surface area contributed by atoms with Crippen LogP contribution in [0.2, 0.25) is 0 Å². The molecule has 0 aliphatic carbocycles. The number of carbonyl (C=O) groups is 1. The number of hydrogen-bond donors (Lipinski definition) is 0. The summed E-state index contributed by atoms with van der Waals surface area (Å²) in [5.41, 5.74) is 3.72. The highest BCUT2D eigenvalue weighted by Crippen LogP contribution is 2.37. The molecule has 1 aliphatic rings. The quantitative estimate of drug-likeness (QED) is 0.574. The van der Waals surface area contributed by atoms with E-state index in [9.17, 15) is 9.18 Å². The minimum atomic E-state index is -0.301. The molecule has 1 fully saturated rings. The van der Waals surface area contributed by atoms with Gasteiger partial charge >= 0.3 is 0 Å². The lowest BCUT2D eigenvalue weighted by atomic mass is 10.1. The molecule has 0 spiro atoms. The first-order valence-electron chi connectivity index (χ1n) is 7.06. The molecule has 0 radical (unpaired) electrons. The van der Waals surface area contributed by atoms with Crippen LogP contribution in [0.5, 0.6) is 0 Å². The van der Waals surface area contributed by atoms with E-state index in [1.807, 2.05) is 32.0 Å². The van der Waals surface area contributed by atoms with Gasteiger partial charge in [-0.2, -0.15) is 0 Å². The number of benzene rings is 2. The molecule has 1 saturated heterocycles. The van der Waals surface area contributed by atoms with Gasteiger partial charge in [-0.05, 0) is 49.2 Å². The Bertz CT molecular complexity index is 827. The van der Waals surface area contributed by atoms with Crippen molar-refractivity contribution in [1.29, 1.82) is 0 Å². The van der Waals surface area contributed by atoms with Crippen molar-refractivity contribution in [2.45, 2.75) is 13.8 Å². The molecule has 2 nitrogen and oxygen atoms in total. The normalized spacial score (nSPS) is 16.5. The Hall–Kier alpha value is -1.98. The number of carbonyl (C=O) groups excluding carboxylic acids is 1. The Morgan fingerprint density at radius 2 is 1.83 bits per heavy atom. The van der Waals surface area contributed by atoms with E-state index in [1.165, 1.54) is 23.9 Å². The zero-order valence-corrected chi connectivity index (χ0v) is 14.3. The second-order valence-corrected chi connectivity index (χ2v) is 7.03. The Balaban J connectivity index is 1.95. The third-order valence-electron chi connectivity index (χ3n) is 3.55. The van der Waals surface area contributed by atoms with Gasteiger partial charge in [0.1, 0.15) is 5.82 Å². The monoisotopic (exact) mass is 343 g/mol. The fourth-order valence-corrected chi connectivity index (χ4v) is 3.73. The van der Waals surface area contributed by atoms with Gasteiger partial charge in [-0.15, -0.1) is 0 Å². The molecule has 5 heteroatoms. The summed E-state index contributed by atoms with van der Waals surface area (Å²) in [5, 5.41) is 0. The SMILES string of the molecule is Cc1ccc(N2C(=O)C(=Cc3ccc(F)cc3)SC2=S)c(C)c1. The zero-order chi connectivity index (χ0) is 16.6. The minimum absolute atomic E-state index is 0.142. The van der Waals surface area contributed by atoms with Crippen molar-refractivity contribution < 1.29 is 9.18 Å². The molecule has 2 aromatic rings. The van der Waals surface area contributed by atoms with Gasteiger partial charge in [0.15, 0.2) is 4.32 Å². The summed E-state index contributed by atoms with van der Waals surface area (Å²) < 4.78 is 13.5. The van der Waals surface area contributed by atoms with E-state index in [0.29, 0.717) is 9.23 Å². The highest BCUT2D eigenvalue weighted by atomic mass is 32.2. The average molecular weight is 343 g/mol. The van der Waals surface area contributed by atoms with Crippen LogP contribution in [0.4, 0.5) is 10.1 Å². The number of halogens is 1. The van der Waals surface area contributed by atoms with Crippen LogP contribution in [0.3, 0.4) is 0 Å². The van der Waals surface area contributed by atoms with Crippen molar-refractivity contribution in [3.63, 3.8) is 0 Å². The molecular weight excluding hydrogens is 329 g/mol. The summed E-state index contributed by atoms with van der Waals surface area (Å²) in [6.45, 7) is 3.97. The van der Waals surface area contributed by atoms with Gasteiger partial charge in [0, 0.05) is 0 Å². The van der Waals surface area contributed by atoms with Crippen molar-refractivity contribution in [2.75, 3.05) is 4.90 Å². The molecule has 0 saturated carbocycles. The number of nitrogens with zero attached hydrogens (tertiary/aromatic N) is 1. The first-order chi connectivity index (χ1) is 11.0. The average Bonchev–Trinajstić information content (AvgIpc) is 2.77. The van der Waals surface area contributed by atoms with Crippen LogP contribution in [0.25, 0.3) is 6.08 Å². The van der Waals surface area contributed by atoms with Crippen LogP contribution in [0.15, 0.2) is 47.4 Å². The fourth-order valence-electron chi connectivity index (χ4n) is 2.44. The fraction of sp³-hybridized carbons (Fsp3) is 0.111.